The van der Waals surface area contributed by atoms with Crippen LogP contribution < -0.4 is 0 Å². The highest BCUT2D eigenvalue weighted by molar-refractivity contribution is 5.98. The average Bonchev–Trinajstić information content (AvgIpc) is 2.25. The third-order valence-corrected chi connectivity index (χ3v) is 2.70. The number of benzene rings is 1. The Bertz CT molecular complexity index is 464. The van der Waals surface area contributed by atoms with Crippen molar-refractivity contribution >= 4 is 5.78 Å². The molecule has 2 nitrogen and oxygen atoms in total. The van der Waals surface area contributed by atoms with E-state index in [-0.39, 0.29) is 0 Å². The van der Waals surface area contributed by atoms with E-state index in [2.05, 4.69) is 0 Å². The molecular weight excluding hydrogens is 281 g/mol. The van der Waals surface area contributed by atoms with Crippen molar-refractivity contribution in [3.63, 3.8) is 0 Å². The number of alkyl halides is 3. The molecule has 0 saturated carbocycles. The first-order chi connectivity index (χ1) is 9.11. The molecule has 0 aliphatic rings. The maximum Gasteiger partial charge on any atom is 0.401 e. The predicted octanol–water partition coefficient (Wildman–Crippen LogP) is 3.42. The Morgan fingerprint density at radius 3 is 2.10 bits per heavy atom. The van der Waals surface area contributed by atoms with E-state index >= 15 is 0 Å². The molecule has 0 atom stereocenters. The van der Waals surface area contributed by atoms with Gasteiger partial charge in [0, 0.05) is 6.04 Å². The van der Waals surface area contributed by atoms with E-state index in [0.717, 1.165) is 23.1 Å². The average molecular weight is 295 g/mol. The van der Waals surface area contributed by atoms with Gasteiger partial charge in [-0.1, -0.05) is 6.07 Å². The van der Waals surface area contributed by atoms with Crippen molar-refractivity contribution in [1.82, 2.24) is 4.90 Å². The number of ketones is 1. The summed E-state index contributed by atoms with van der Waals surface area (Å²) >= 11 is 0. The summed E-state index contributed by atoms with van der Waals surface area (Å²) in [6, 6.07) is 2.27. The van der Waals surface area contributed by atoms with E-state index in [1.165, 1.54) is 13.8 Å². The Labute approximate surface area is 113 Å². The van der Waals surface area contributed by atoms with Crippen LogP contribution in [-0.4, -0.2) is 36.0 Å². The van der Waals surface area contributed by atoms with E-state index in [4.69, 9.17) is 0 Å². The second-order valence-electron chi connectivity index (χ2n) is 4.63. The van der Waals surface area contributed by atoms with Gasteiger partial charge in [0.25, 0.3) is 0 Å². The molecule has 1 aromatic rings. The highest BCUT2D eigenvalue weighted by atomic mass is 19.4. The minimum atomic E-state index is -4.49. The topological polar surface area (TPSA) is 20.3 Å². The summed E-state index contributed by atoms with van der Waals surface area (Å²) in [4.78, 5) is 12.6. The van der Waals surface area contributed by atoms with Crippen molar-refractivity contribution in [1.29, 1.82) is 0 Å². The third-order valence-electron chi connectivity index (χ3n) is 2.70. The van der Waals surface area contributed by atoms with Crippen LogP contribution in [0.15, 0.2) is 18.2 Å². The molecule has 0 heterocycles. The maximum atomic E-state index is 13.4. The van der Waals surface area contributed by atoms with Crippen LogP contribution in [0.2, 0.25) is 0 Å². The van der Waals surface area contributed by atoms with E-state index in [1.54, 1.807) is 0 Å². The summed E-state index contributed by atoms with van der Waals surface area (Å²) in [5, 5.41) is 0. The molecule has 20 heavy (non-hydrogen) atoms. The summed E-state index contributed by atoms with van der Waals surface area (Å²) in [6.07, 6.45) is -4.49. The molecule has 7 heteroatoms. The molecule has 0 saturated heterocycles. The number of carbonyl (C=O) groups excluding carboxylic acids is 1. The van der Waals surface area contributed by atoms with Crippen LogP contribution in [-0.2, 0) is 0 Å². The highest BCUT2D eigenvalue weighted by Crippen LogP contribution is 2.19. The van der Waals surface area contributed by atoms with Gasteiger partial charge in [-0.05, 0) is 26.0 Å². The Kier molecular flexibility index (Phi) is 5.21. The molecule has 0 bridgehead atoms. The molecule has 0 aliphatic heterocycles. The maximum absolute atomic E-state index is 13.4. The van der Waals surface area contributed by atoms with Crippen molar-refractivity contribution in [2.75, 3.05) is 13.1 Å². The second-order valence-corrected chi connectivity index (χ2v) is 4.63. The lowest BCUT2D eigenvalue weighted by molar-refractivity contribution is -0.148. The molecule has 0 aromatic heterocycles. The molecule has 0 unspecified atom stereocenters. The van der Waals surface area contributed by atoms with Crippen LogP contribution in [0.25, 0.3) is 0 Å². The molecule has 1 aromatic carbocycles. The number of hydrogen-bond donors (Lipinski definition) is 0. The van der Waals surface area contributed by atoms with Crippen molar-refractivity contribution in [2.45, 2.75) is 26.1 Å². The van der Waals surface area contributed by atoms with Crippen molar-refractivity contribution in [3.05, 3.63) is 35.4 Å². The van der Waals surface area contributed by atoms with Gasteiger partial charge in [0.2, 0.25) is 0 Å². The fourth-order valence-corrected chi connectivity index (χ4v) is 1.68. The van der Waals surface area contributed by atoms with Gasteiger partial charge in [-0.25, -0.2) is 8.78 Å². The summed E-state index contributed by atoms with van der Waals surface area (Å²) in [7, 11) is 0. The molecule has 1 rings (SSSR count). The molecule has 112 valence electrons. The van der Waals surface area contributed by atoms with Crippen molar-refractivity contribution in [2.24, 2.45) is 0 Å². The monoisotopic (exact) mass is 295 g/mol. The van der Waals surface area contributed by atoms with Gasteiger partial charge in [-0.3, -0.25) is 9.69 Å². The quantitative estimate of drug-likeness (QED) is 0.613. The van der Waals surface area contributed by atoms with Gasteiger partial charge < -0.3 is 0 Å². The first-order valence-electron chi connectivity index (χ1n) is 5.90. The second kappa shape index (κ2) is 6.30. The van der Waals surface area contributed by atoms with Crippen LogP contribution in [0.3, 0.4) is 0 Å². The summed E-state index contributed by atoms with van der Waals surface area (Å²) in [5.74, 6) is -3.17. The largest absolute Gasteiger partial charge is 0.401 e. The predicted molar refractivity (Wildman–Crippen MR) is 63.5 cm³/mol. The summed E-state index contributed by atoms with van der Waals surface area (Å²) in [6.45, 7) is 0.926. The SMILES string of the molecule is CC(C)N(CC(=O)c1c(F)cccc1F)CC(F)(F)F. The Morgan fingerprint density at radius 1 is 1.20 bits per heavy atom. The number of halogens is 5. The standard InChI is InChI=1S/C13H14F5NO/c1-8(2)19(7-13(16,17)18)6-11(20)12-9(14)4-3-5-10(12)15/h3-5,8H,6-7H2,1-2H3. The minimum Gasteiger partial charge on any atom is -0.292 e. The van der Waals surface area contributed by atoms with Crippen LogP contribution in [0.4, 0.5) is 22.0 Å². The zero-order valence-corrected chi connectivity index (χ0v) is 11.0. The van der Waals surface area contributed by atoms with Gasteiger partial charge >= 0.3 is 6.18 Å². The molecule has 0 N–H and O–H groups in total. The lowest BCUT2D eigenvalue weighted by Gasteiger charge is -2.26. The van der Waals surface area contributed by atoms with Crippen LogP contribution in [0, 0.1) is 11.6 Å². The Hall–Kier alpha value is -1.50. The van der Waals surface area contributed by atoms with E-state index in [9.17, 15) is 26.7 Å². The summed E-state index contributed by atoms with van der Waals surface area (Å²) in [5.41, 5.74) is -0.805. The number of rotatable bonds is 5. The van der Waals surface area contributed by atoms with Crippen molar-refractivity contribution in [3.8, 4) is 0 Å². The van der Waals surface area contributed by atoms with Crippen LogP contribution in [0.1, 0.15) is 24.2 Å². The number of Topliss-reactive ketones (excluding diaryl/α,β-unsaturated/α-hetero) is 1. The van der Waals surface area contributed by atoms with Gasteiger partial charge in [-0.2, -0.15) is 13.2 Å². The number of nitrogens with zero attached hydrogens (tertiary/aromatic N) is 1. The van der Waals surface area contributed by atoms with Gasteiger partial charge in [-0.15, -0.1) is 0 Å². The third kappa shape index (κ3) is 4.56. The first kappa shape index (κ1) is 16.6. The van der Waals surface area contributed by atoms with Gasteiger partial charge in [0.15, 0.2) is 5.78 Å². The van der Waals surface area contributed by atoms with E-state index in [1.807, 2.05) is 0 Å². The smallest absolute Gasteiger partial charge is 0.292 e. The van der Waals surface area contributed by atoms with Crippen molar-refractivity contribution < 1.29 is 26.7 Å². The Morgan fingerprint density at radius 2 is 1.70 bits per heavy atom. The minimum absolute atomic E-state index is 0.588. The fourth-order valence-electron chi connectivity index (χ4n) is 1.68. The molecule has 0 radical (unpaired) electrons. The molecule has 0 fully saturated rings. The molecular formula is C13H14F5NO. The Balaban J connectivity index is 2.92. The zero-order valence-electron chi connectivity index (χ0n) is 11.0. The molecule has 0 amide bonds. The van der Waals surface area contributed by atoms with Gasteiger partial charge in [0.05, 0.1) is 18.7 Å². The van der Waals surface area contributed by atoms with Gasteiger partial charge in [0.1, 0.15) is 11.6 Å². The zero-order chi connectivity index (χ0) is 15.5. The number of carbonyl (C=O) groups is 1. The number of hydrogen-bond acceptors (Lipinski definition) is 2. The van der Waals surface area contributed by atoms with Crippen LogP contribution >= 0.6 is 0 Å². The summed E-state index contributed by atoms with van der Waals surface area (Å²) < 4.78 is 63.9. The first-order valence-corrected chi connectivity index (χ1v) is 5.90. The molecule has 0 spiro atoms. The fraction of sp³-hybridized carbons (Fsp3) is 0.462. The van der Waals surface area contributed by atoms with Crippen LogP contribution in [0.5, 0.6) is 0 Å². The van der Waals surface area contributed by atoms with E-state index in [0.29, 0.717) is 0 Å². The molecule has 0 aliphatic carbocycles. The highest BCUT2D eigenvalue weighted by Gasteiger charge is 2.33. The lowest BCUT2D eigenvalue weighted by Crippen LogP contribution is -2.42. The normalized spacial score (nSPS) is 12.2. The van der Waals surface area contributed by atoms with E-state index < -0.39 is 48.3 Å². The lowest BCUT2D eigenvalue weighted by atomic mass is 10.1.